The molecule has 2 aliphatic heterocycles. The Morgan fingerprint density at radius 3 is 2.73 bits per heavy atom. The van der Waals surface area contributed by atoms with Crippen LogP contribution >= 0.6 is 11.3 Å². The summed E-state index contributed by atoms with van der Waals surface area (Å²) in [6, 6.07) is 11.9. The number of likely N-dealkylation sites (N-methyl/N-ethyl adjacent to an activating group) is 1. The zero-order valence-corrected chi connectivity index (χ0v) is 15.7. The molecule has 0 N–H and O–H groups in total. The second-order valence-electron chi connectivity index (χ2n) is 7.27. The molecule has 2 amide bonds. The molecule has 0 bridgehead atoms. The number of carbonyl (C=O) groups excluding carboxylic acids is 2. The summed E-state index contributed by atoms with van der Waals surface area (Å²) in [5.41, 5.74) is 1.87. The van der Waals surface area contributed by atoms with Gasteiger partial charge in [-0.3, -0.25) is 14.5 Å². The van der Waals surface area contributed by atoms with Gasteiger partial charge in [0.05, 0.1) is 24.2 Å². The summed E-state index contributed by atoms with van der Waals surface area (Å²) in [5, 5.41) is 4.02. The second kappa shape index (κ2) is 6.85. The van der Waals surface area contributed by atoms with E-state index in [-0.39, 0.29) is 17.4 Å². The molecule has 1 unspecified atom stereocenters. The summed E-state index contributed by atoms with van der Waals surface area (Å²) in [6.45, 7) is 2.48. The molecule has 1 spiro atoms. The number of anilines is 1. The van der Waals surface area contributed by atoms with E-state index in [1.54, 1.807) is 11.3 Å². The summed E-state index contributed by atoms with van der Waals surface area (Å²) in [7, 11) is 2.01. The number of benzene rings is 1. The van der Waals surface area contributed by atoms with Gasteiger partial charge in [0.1, 0.15) is 0 Å². The Bertz CT molecular complexity index is 793. The van der Waals surface area contributed by atoms with Crippen LogP contribution < -0.4 is 4.90 Å². The van der Waals surface area contributed by atoms with E-state index in [1.807, 2.05) is 64.0 Å². The van der Waals surface area contributed by atoms with Crippen molar-refractivity contribution in [2.24, 2.45) is 0 Å². The number of carbonyl (C=O) groups is 2. The number of piperazine rings is 1. The quantitative estimate of drug-likeness (QED) is 0.833. The smallest absolute Gasteiger partial charge is 0.241 e. The number of hydrogen-bond donors (Lipinski definition) is 0. The van der Waals surface area contributed by atoms with E-state index < -0.39 is 0 Å². The van der Waals surface area contributed by atoms with Crippen molar-refractivity contribution in [3.05, 3.63) is 52.7 Å². The molecule has 5 nitrogen and oxygen atoms in total. The van der Waals surface area contributed by atoms with Gasteiger partial charge in [0.15, 0.2) is 0 Å². The fourth-order valence-corrected chi connectivity index (χ4v) is 4.64. The molecule has 1 aromatic carbocycles. The Labute approximate surface area is 157 Å². The summed E-state index contributed by atoms with van der Waals surface area (Å²) in [5.74, 6) is 0.297. The minimum absolute atomic E-state index is 0.130. The predicted molar refractivity (Wildman–Crippen MR) is 103 cm³/mol. The molecule has 3 heterocycles. The maximum absolute atomic E-state index is 12.8. The molecule has 0 aliphatic carbocycles. The molecule has 1 aromatic heterocycles. The lowest BCUT2D eigenvalue weighted by atomic mass is 9.93. The normalized spacial score (nSPS) is 23.8. The van der Waals surface area contributed by atoms with Gasteiger partial charge in [-0.1, -0.05) is 30.3 Å². The first kappa shape index (κ1) is 17.2. The van der Waals surface area contributed by atoms with Crippen molar-refractivity contribution in [1.29, 1.82) is 0 Å². The summed E-state index contributed by atoms with van der Waals surface area (Å²) in [4.78, 5) is 31.3. The maximum atomic E-state index is 12.8. The first-order valence-electron chi connectivity index (χ1n) is 8.93. The minimum atomic E-state index is -0.151. The number of hydrogen-bond acceptors (Lipinski definition) is 4. The van der Waals surface area contributed by atoms with Crippen molar-refractivity contribution in [1.82, 2.24) is 9.80 Å². The Morgan fingerprint density at radius 1 is 1.19 bits per heavy atom. The molecular weight excluding hydrogens is 346 g/mol. The van der Waals surface area contributed by atoms with Crippen LogP contribution in [0.15, 0.2) is 47.2 Å². The zero-order chi connectivity index (χ0) is 18.1. The van der Waals surface area contributed by atoms with Gasteiger partial charge in [-0.2, -0.15) is 11.3 Å². The monoisotopic (exact) mass is 369 g/mol. The Balaban J connectivity index is 1.48. The van der Waals surface area contributed by atoms with Crippen LogP contribution in [0.25, 0.3) is 0 Å². The van der Waals surface area contributed by atoms with Gasteiger partial charge in [-0.25, -0.2) is 0 Å². The van der Waals surface area contributed by atoms with Crippen LogP contribution in [0, 0.1) is 0 Å². The lowest BCUT2D eigenvalue weighted by Gasteiger charge is -2.46. The van der Waals surface area contributed by atoms with E-state index in [9.17, 15) is 9.59 Å². The number of rotatable bonds is 3. The third-order valence-electron chi connectivity index (χ3n) is 5.64. The maximum Gasteiger partial charge on any atom is 0.241 e. The number of thiophene rings is 1. The lowest BCUT2D eigenvalue weighted by Crippen LogP contribution is -2.64. The largest absolute Gasteiger partial charge is 0.340 e. The van der Waals surface area contributed by atoms with Crippen molar-refractivity contribution >= 4 is 28.8 Å². The molecule has 0 radical (unpaired) electrons. The molecule has 6 heteroatoms. The Kier molecular flexibility index (Phi) is 4.54. The fraction of sp³-hybridized carbons (Fsp3) is 0.400. The average molecular weight is 369 g/mol. The highest BCUT2D eigenvalue weighted by Gasteiger charge is 2.48. The van der Waals surface area contributed by atoms with Crippen molar-refractivity contribution in [2.75, 3.05) is 38.1 Å². The van der Waals surface area contributed by atoms with Gasteiger partial charge < -0.3 is 9.80 Å². The van der Waals surface area contributed by atoms with Gasteiger partial charge in [0.2, 0.25) is 11.8 Å². The van der Waals surface area contributed by atoms with Gasteiger partial charge in [0.25, 0.3) is 0 Å². The van der Waals surface area contributed by atoms with Gasteiger partial charge in [-0.05, 0) is 30.5 Å². The molecule has 136 valence electrons. The van der Waals surface area contributed by atoms with Gasteiger partial charge >= 0.3 is 0 Å². The highest BCUT2D eigenvalue weighted by Crippen LogP contribution is 2.34. The first-order chi connectivity index (χ1) is 12.6. The van der Waals surface area contributed by atoms with Gasteiger partial charge in [-0.15, -0.1) is 0 Å². The third-order valence-corrected chi connectivity index (χ3v) is 6.31. The molecule has 0 saturated carbocycles. The van der Waals surface area contributed by atoms with Crippen molar-refractivity contribution in [3.63, 3.8) is 0 Å². The lowest BCUT2D eigenvalue weighted by molar-refractivity contribution is -0.130. The van der Waals surface area contributed by atoms with E-state index in [2.05, 4.69) is 4.90 Å². The van der Waals surface area contributed by atoms with Crippen LogP contribution in [-0.2, 0) is 16.0 Å². The van der Waals surface area contributed by atoms with Crippen LogP contribution in [-0.4, -0.2) is 60.4 Å². The summed E-state index contributed by atoms with van der Waals surface area (Å²) in [6.07, 6.45) is 1.34. The van der Waals surface area contributed by atoms with E-state index in [0.717, 1.165) is 24.2 Å². The van der Waals surface area contributed by atoms with Crippen molar-refractivity contribution in [3.8, 4) is 0 Å². The highest BCUT2D eigenvalue weighted by atomic mass is 32.1. The van der Waals surface area contributed by atoms with E-state index in [1.165, 1.54) is 0 Å². The van der Waals surface area contributed by atoms with Crippen LogP contribution in [0.1, 0.15) is 12.0 Å². The molecule has 2 fully saturated rings. The molecule has 2 aromatic rings. The van der Waals surface area contributed by atoms with Crippen LogP contribution in [0.5, 0.6) is 0 Å². The molecule has 26 heavy (non-hydrogen) atoms. The summed E-state index contributed by atoms with van der Waals surface area (Å²) < 4.78 is 0. The Hall–Kier alpha value is -2.18. The number of likely N-dealkylation sites (tertiary alicyclic amines) is 1. The highest BCUT2D eigenvalue weighted by molar-refractivity contribution is 7.08. The van der Waals surface area contributed by atoms with Crippen molar-refractivity contribution < 1.29 is 9.59 Å². The Morgan fingerprint density at radius 2 is 2.00 bits per heavy atom. The first-order valence-corrected chi connectivity index (χ1v) is 9.87. The molecule has 2 saturated heterocycles. The van der Waals surface area contributed by atoms with Gasteiger partial charge in [0, 0.05) is 25.0 Å². The van der Waals surface area contributed by atoms with E-state index in [4.69, 9.17) is 0 Å². The number of amides is 2. The molecule has 2 aliphatic rings. The topological polar surface area (TPSA) is 43.9 Å². The van der Waals surface area contributed by atoms with E-state index >= 15 is 0 Å². The third kappa shape index (κ3) is 3.15. The number of nitrogens with zero attached hydrogens (tertiary/aromatic N) is 3. The van der Waals surface area contributed by atoms with E-state index in [0.29, 0.717) is 26.1 Å². The summed E-state index contributed by atoms with van der Waals surface area (Å²) >= 11 is 1.60. The zero-order valence-electron chi connectivity index (χ0n) is 14.9. The van der Waals surface area contributed by atoms with Crippen LogP contribution in [0.2, 0.25) is 0 Å². The standard InChI is InChI=1S/C20H23N3O2S/c1-21-12-19(25)23(17-7-10-26-13-17)15-20(21)8-9-22(14-20)18(24)11-16-5-3-2-4-6-16/h2-7,10,13H,8-9,11-12,14-15H2,1H3. The van der Waals surface area contributed by atoms with Crippen molar-refractivity contribution in [2.45, 2.75) is 18.4 Å². The fourth-order valence-electron chi connectivity index (χ4n) is 4.00. The molecular formula is C20H23N3O2S. The SMILES string of the molecule is CN1CC(=O)N(c2ccsc2)CC12CCN(C(=O)Cc1ccccc1)C2. The second-order valence-corrected chi connectivity index (χ2v) is 8.05. The minimum Gasteiger partial charge on any atom is -0.340 e. The van der Waals surface area contributed by atoms with Crippen LogP contribution in [0.4, 0.5) is 5.69 Å². The molecule has 1 atom stereocenters. The average Bonchev–Trinajstić information content (AvgIpc) is 3.30. The van der Waals surface area contributed by atoms with Crippen LogP contribution in [0.3, 0.4) is 0 Å². The predicted octanol–water partition coefficient (Wildman–Crippen LogP) is 2.24. The molecule has 4 rings (SSSR count).